The second kappa shape index (κ2) is 8.14. The van der Waals surface area contributed by atoms with Gasteiger partial charge < -0.3 is 19.9 Å². The minimum Gasteiger partial charge on any atom is -0.494 e. The Labute approximate surface area is 124 Å². The number of carbonyl (C=O) groups excluding carboxylic acids is 1. The van der Waals surface area contributed by atoms with E-state index in [2.05, 4.69) is 5.32 Å². The van der Waals surface area contributed by atoms with E-state index in [1.54, 1.807) is 38.1 Å². The lowest BCUT2D eigenvalue weighted by Crippen LogP contribution is -2.46. The summed E-state index contributed by atoms with van der Waals surface area (Å²) in [5, 5.41) is 11.4. The summed E-state index contributed by atoms with van der Waals surface area (Å²) in [5.74, 6) is -0.480. The summed E-state index contributed by atoms with van der Waals surface area (Å²) in [6.45, 7) is 5.69. The van der Waals surface area contributed by atoms with Crippen LogP contribution >= 0.6 is 0 Å². The first-order valence-electron chi connectivity index (χ1n) is 6.81. The number of hydrogen-bond donors (Lipinski definition) is 2. The molecule has 1 atom stereocenters. The quantitative estimate of drug-likeness (QED) is 0.762. The second-order valence-corrected chi connectivity index (χ2v) is 4.82. The van der Waals surface area contributed by atoms with Crippen molar-refractivity contribution in [2.45, 2.75) is 26.8 Å². The van der Waals surface area contributed by atoms with E-state index in [0.717, 1.165) is 5.75 Å². The number of hydrogen-bond acceptors (Lipinski definition) is 4. The Morgan fingerprint density at radius 3 is 2.10 bits per heavy atom. The van der Waals surface area contributed by atoms with Crippen LogP contribution in [0, 0.1) is 5.92 Å². The van der Waals surface area contributed by atoms with E-state index in [4.69, 9.17) is 14.6 Å². The normalized spacial score (nSPS) is 11.8. The number of aliphatic carboxylic acids is 1. The molecule has 1 aromatic carbocycles. The van der Waals surface area contributed by atoms with Crippen molar-refractivity contribution < 1.29 is 24.2 Å². The van der Waals surface area contributed by atoms with Crippen LogP contribution in [0.1, 0.15) is 20.8 Å². The predicted molar refractivity (Wildman–Crippen MR) is 77.5 cm³/mol. The summed E-state index contributed by atoms with van der Waals surface area (Å²) in [7, 11) is 0. The summed E-state index contributed by atoms with van der Waals surface area (Å²) in [6, 6.07) is 5.95. The van der Waals surface area contributed by atoms with Crippen molar-refractivity contribution in [1.29, 1.82) is 0 Å². The van der Waals surface area contributed by atoms with Crippen LogP contribution in [-0.4, -0.2) is 36.2 Å². The van der Waals surface area contributed by atoms with Gasteiger partial charge in [0.15, 0.2) is 6.61 Å². The molecule has 1 aromatic rings. The first kappa shape index (κ1) is 16.8. The molecule has 6 nitrogen and oxygen atoms in total. The molecule has 21 heavy (non-hydrogen) atoms. The number of nitrogens with one attached hydrogen (secondary N) is 1. The lowest BCUT2D eigenvalue weighted by atomic mass is 10.1. The van der Waals surface area contributed by atoms with Crippen LogP contribution in [0.25, 0.3) is 0 Å². The molecule has 0 radical (unpaired) electrons. The van der Waals surface area contributed by atoms with E-state index in [1.165, 1.54) is 0 Å². The Bertz CT molecular complexity index is 469. The fourth-order valence-corrected chi connectivity index (χ4v) is 1.68. The number of amides is 1. The minimum absolute atomic E-state index is 0.197. The molecule has 0 spiro atoms. The molecule has 0 aromatic heterocycles. The maximum atomic E-state index is 11.7. The van der Waals surface area contributed by atoms with Gasteiger partial charge in [-0.25, -0.2) is 4.79 Å². The van der Waals surface area contributed by atoms with E-state index in [-0.39, 0.29) is 12.5 Å². The third kappa shape index (κ3) is 5.72. The zero-order valence-electron chi connectivity index (χ0n) is 12.5. The molecule has 1 amide bonds. The first-order valence-corrected chi connectivity index (χ1v) is 6.81. The Morgan fingerprint density at radius 2 is 1.67 bits per heavy atom. The second-order valence-electron chi connectivity index (χ2n) is 4.82. The van der Waals surface area contributed by atoms with E-state index in [1.807, 2.05) is 6.92 Å². The van der Waals surface area contributed by atoms with E-state index in [9.17, 15) is 9.59 Å². The number of carboxylic acids is 1. The van der Waals surface area contributed by atoms with Gasteiger partial charge in [0, 0.05) is 0 Å². The Kier molecular flexibility index (Phi) is 6.52. The summed E-state index contributed by atoms with van der Waals surface area (Å²) >= 11 is 0. The topological polar surface area (TPSA) is 84.9 Å². The number of rotatable bonds is 8. The Morgan fingerprint density at radius 1 is 1.14 bits per heavy atom. The van der Waals surface area contributed by atoms with Crippen molar-refractivity contribution in [2.24, 2.45) is 5.92 Å². The highest BCUT2D eigenvalue weighted by atomic mass is 16.5. The third-order valence-corrected chi connectivity index (χ3v) is 2.75. The molecule has 0 heterocycles. The summed E-state index contributed by atoms with van der Waals surface area (Å²) in [5.41, 5.74) is 0. The SMILES string of the molecule is CCOc1ccc(OCC(=O)NC(C(=O)O)C(C)C)cc1. The molecular weight excluding hydrogens is 274 g/mol. The van der Waals surface area contributed by atoms with E-state index >= 15 is 0 Å². The van der Waals surface area contributed by atoms with Gasteiger partial charge in [0.2, 0.25) is 0 Å². The predicted octanol–water partition coefficient (Wildman–Crippen LogP) is 1.69. The largest absolute Gasteiger partial charge is 0.494 e. The highest BCUT2D eigenvalue weighted by Gasteiger charge is 2.23. The molecule has 0 saturated carbocycles. The average Bonchev–Trinajstić information content (AvgIpc) is 2.43. The van der Waals surface area contributed by atoms with Crippen molar-refractivity contribution in [1.82, 2.24) is 5.32 Å². The van der Waals surface area contributed by atoms with Gasteiger partial charge in [-0.2, -0.15) is 0 Å². The van der Waals surface area contributed by atoms with Crippen molar-refractivity contribution in [3.63, 3.8) is 0 Å². The molecule has 1 rings (SSSR count). The van der Waals surface area contributed by atoms with Crippen molar-refractivity contribution in [2.75, 3.05) is 13.2 Å². The van der Waals surface area contributed by atoms with Crippen molar-refractivity contribution >= 4 is 11.9 Å². The van der Waals surface area contributed by atoms with Crippen molar-refractivity contribution in [3.05, 3.63) is 24.3 Å². The number of carbonyl (C=O) groups is 2. The number of ether oxygens (including phenoxy) is 2. The van der Waals surface area contributed by atoms with Gasteiger partial charge >= 0.3 is 5.97 Å². The maximum absolute atomic E-state index is 11.7. The van der Waals surface area contributed by atoms with Gasteiger partial charge in [-0.3, -0.25) is 4.79 Å². The molecule has 1 unspecified atom stereocenters. The van der Waals surface area contributed by atoms with Gasteiger partial charge in [-0.1, -0.05) is 13.8 Å². The lowest BCUT2D eigenvalue weighted by Gasteiger charge is -2.18. The Balaban J connectivity index is 2.47. The molecule has 0 saturated heterocycles. The van der Waals surface area contributed by atoms with Crippen LogP contribution in [0.15, 0.2) is 24.3 Å². The fourth-order valence-electron chi connectivity index (χ4n) is 1.68. The first-order chi connectivity index (χ1) is 9.93. The van der Waals surface area contributed by atoms with Gasteiger partial charge in [0.1, 0.15) is 17.5 Å². The molecule has 116 valence electrons. The van der Waals surface area contributed by atoms with E-state index < -0.39 is 17.9 Å². The molecule has 2 N–H and O–H groups in total. The molecular formula is C15H21NO5. The number of benzene rings is 1. The summed E-state index contributed by atoms with van der Waals surface area (Å²) < 4.78 is 10.6. The fraction of sp³-hybridized carbons (Fsp3) is 0.467. The zero-order chi connectivity index (χ0) is 15.8. The molecule has 6 heteroatoms. The zero-order valence-corrected chi connectivity index (χ0v) is 12.5. The molecule has 0 aliphatic carbocycles. The lowest BCUT2D eigenvalue weighted by molar-refractivity contribution is -0.143. The molecule has 0 aliphatic heterocycles. The summed E-state index contributed by atoms with van der Waals surface area (Å²) in [4.78, 5) is 22.7. The van der Waals surface area contributed by atoms with E-state index in [0.29, 0.717) is 12.4 Å². The van der Waals surface area contributed by atoms with Crippen LogP contribution in [0.2, 0.25) is 0 Å². The van der Waals surface area contributed by atoms with Crippen LogP contribution < -0.4 is 14.8 Å². The maximum Gasteiger partial charge on any atom is 0.326 e. The number of carboxylic acid groups (broad SMARTS) is 1. The minimum atomic E-state index is -1.06. The molecule has 0 bridgehead atoms. The highest BCUT2D eigenvalue weighted by molar-refractivity contribution is 5.84. The van der Waals surface area contributed by atoms with Gasteiger partial charge in [0.25, 0.3) is 5.91 Å². The molecule has 0 aliphatic rings. The van der Waals surface area contributed by atoms with Gasteiger partial charge in [-0.05, 0) is 37.1 Å². The van der Waals surface area contributed by atoms with Gasteiger partial charge in [-0.15, -0.1) is 0 Å². The van der Waals surface area contributed by atoms with Crippen LogP contribution in [0.5, 0.6) is 11.5 Å². The molecule has 0 fully saturated rings. The average molecular weight is 295 g/mol. The Hall–Kier alpha value is -2.24. The highest BCUT2D eigenvalue weighted by Crippen LogP contribution is 2.17. The van der Waals surface area contributed by atoms with Crippen LogP contribution in [0.4, 0.5) is 0 Å². The van der Waals surface area contributed by atoms with Crippen LogP contribution in [-0.2, 0) is 9.59 Å². The summed E-state index contributed by atoms with van der Waals surface area (Å²) in [6.07, 6.45) is 0. The standard InChI is InChI=1S/C15H21NO5/c1-4-20-11-5-7-12(8-6-11)21-9-13(17)16-14(10(2)3)15(18)19/h5-8,10,14H,4,9H2,1-3H3,(H,16,17)(H,18,19). The smallest absolute Gasteiger partial charge is 0.326 e. The van der Waals surface area contributed by atoms with Gasteiger partial charge in [0.05, 0.1) is 6.61 Å². The van der Waals surface area contributed by atoms with Crippen LogP contribution in [0.3, 0.4) is 0 Å². The third-order valence-electron chi connectivity index (χ3n) is 2.75. The monoisotopic (exact) mass is 295 g/mol. The van der Waals surface area contributed by atoms with Crippen molar-refractivity contribution in [3.8, 4) is 11.5 Å².